The van der Waals surface area contributed by atoms with E-state index in [0.717, 1.165) is 18.4 Å². The first-order valence-corrected chi connectivity index (χ1v) is 8.38. The minimum absolute atomic E-state index is 0.0695. The Morgan fingerprint density at radius 3 is 2.62 bits per heavy atom. The number of aromatic nitrogens is 1. The second-order valence-electron chi connectivity index (χ2n) is 7.32. The van der Waals surface area contributed by atoms with Gasteiger partial charge in [0.15, 0.2) is 0 Å². The van der Waals surface area contributed by atoms with E-state index >= 15 is 0 Å². The molecule has 0 unspecified atom stereocenters. The fourth-order valence-corrected chi connectivity index (χ4v) is 2.82. The SMILES string of the molecule is CN(Cc1ccncc1)C(=O)[C@@H]1CCCN(C(=O)OC(C)(C)C)C1. The first kappa shape index (κ1) is 18.2. The van der Waals surface area contributed by atoms with Crippen molar-refractivity contribution >= 4 is 12.0 Å². The minimum atomic E-state index is -0.522. The predicted octanol–water partition coefficient (Wildman–Crippen LogP) is 2.69. The molecule has 1 atom stereocenters. The molecule has 0 aromatic carbocycles. The first-order chi connectivity index (χ1) is 11.3. The monoisotopic (exact) mass is 333 g/mol. The predicted molar refractivity (Wildman–Crippen MR) is 91.2 cm³/mol. The standard InChI is InChI=1S/C18H27N3O3/c1-18(2,3)24-17(23)21-11-5-6-15(13-21)16(22)20(4)12-14-7-9-19-10-8-14/h7-10,15H,5-6,11-13H2,1-4H3/t15-/m1/s1. The normalized spacial score (nSPS) is 18.2. The Kier molecular flexibility index (Phi) is 5.80. The fourth-order valence-electron chi connectivity index (χ4n) is 2.82. The number of nitrogens with zero attached hydrogens (tertiary/aromatic N) is 3. The van der Waals surface area contributed by atoms with Crippen molar-refractivity contribution in [2.75, 3.05) is 20.1 Å². The highest BCUT2D eigenvalue weighted by Crippen LogP contribution is 2.21. The van der Waals surface area contributed by atoms with Crippen molar-refractivity contribution in [1.82, 2.24) is 14.8 Å². The third kappa shape index (κ3) is 5.22. The summed E-state index contributed by atoms with van der Waals surface area (Å²) in [5.41, 5.74) is 0.521. The first-order valence-electron chi connectivity index (χ1n) is 8.38. The van der Waals surface area contributed by atoms with Gasteiger partial charge in [-0.25, -0.2) is 4.79 Å². The average molecular weight is 333 g/mol. The molecular weight excluding hydrogens is 306 g/mol. The minimum Gasteiger partial charge on any atom is -0.444 e. The highest BCUT2D eigenvalue weighted by atomic mass is 16.6. The number of carbonyl (C=O) groups is 2. The van der Waals surface area contributed by atoms with Crippen molar-refractivity contribution < 1.29 is 14.3 Å². The number of rotatable bonds is 3. The molecule has 132 valence electrons. The summed E-state index contributed by atoms with van der Waals surface area (Å²) >= 11 is 0. The van der Waals surface area contributed by atoms with Crippen molar-refractivity contribution in [3.05, 3.63) is 30.1 Å². The molecule has 6 heteroatoms. The Bertz CT molecular complexity index is 569. The van der Waals surface area contributed by atoms with Crippen LogP contribution >= 0.6 is 0 Å². The van der Waals surface area contributed by atoms with Gasteiger partial charge in [0.2, 0.25) is 5.91 Å². The molecule has 1 fully saturated rings. The van der Waals surface area contributed by atoms with E-state index in [-0.39, 0.29) is 17.9 Å². The molecule has 0 saturated carbocycles. The van der Waals surface area contributed by atoms with Crippen LogP contribution in [0.5, 0.6) is 0 Å². The summed E-state index contributed by atoms with van der Waals surface area (Å²) in [5, 5.41) is 0. The molecule has 1 saturated heterocycles. The van der Waals surface area contributed by atoms with Crippen LogP contribution in [-0.2, 0) is 16.1 Å². The second kappa shape index (κ2) is 7.64. The van der Waals surface area contributed by atoms with Crippen LogP contribution in [0.2, 0.25) is 0 Å². The molecule has 6 nitrogen and oxygen atoms in total. The van der Waals surface area contributed by atoms with E-state index in [1.54, 1.807) is 29.2 Å². The maximum atomic E-state index is 12.7. The zero-order valence-corrected chi connectivity index (χ0v) is 15.0. The van der Waals surface area contributed by atoms with E-state index in [2.05, 4.69) is 4.98 Å². The number of hydrogen-bond acceptors (Lipinski definition) is 4. The molecule has 0 radical (unpaired) electrons. The molecule has 24 heavy (non-hydrogen) atoms. The van der Waals surface area contributed by atoms with Crippen LogP contribution in [0, 0.1) is 5.92 Å². The lowest BCUT2D eigenvalue weighted by Crippen LogP contribution is -2.47. The van der Waals surface area contributed by atoms with Gasteiger partial charge >= 0.3 is 6.09 Å². The number of hydrogen-bond donors (Lipinski definition) is 0. The summed E-state index contributed by atoms with van der Waals surface area (Å²) in [5.74, 6) is -0.0989. The Morgan fingerprint density at radius 1 is 1.33 bits per heavy atom. The number of amides is 2. The zero-order valence-electron chi connectivity index (χ0n) is 15.0. The van der Waals surface area contributed by atoms with Gasteiger partial charge in [-0.05, 0) is 51.3 Å². The van der Waals surface area contributed by atoms with Gasteiger partial charge < -0.3 is 14.5 Å². The van der Waals surface area contributed by atoms with Gasteiger partial charge in [-0.2, -0.15) is 0 Å². The highest BCUT2D eigenvalue weighted by molar-refractivity contribution is 5.80. The number of piperidine rings is 1. The van der Waals surface area contributed by atoms with Gasteiger partial charge in [-0.15, -0.1) is 0 Å². The van der Waals surface area contributed by atoms with Crippen LogP contribution in [0.25, 0.3) is 0 Å². The van der Waals surface area contributed by atoms with Crippen molar-refractivity contribution in [3.8, 4) is 0 Å². The number of likely N-dealkylation sites (tertiary alicyclic amines) is 1. The molecule has 0 spiro atoms. The Labute approximate surface area is 143 Å². The maximum absolute atomic E-state index is 12.7. The molecule has 1 aromatic rings. The van der Waals surface area contributed by atoms with Crippen molar-refractivity contribution in [1.29, 1.82) is 0 Å². The average Bonchev–Trinajstić information content (AvgIpc) is 2.53. The summed E-state index contributed by atoms with van der Waals surface area (Å²) in [6.07, 6.45) is 4.73. The van der Waals surface area contributed by atoms with E-state index in [0.29, 0.717) is 19.6 Å². The van der Waals surface area contributed by atoms with Gasteiger partial charge in [-0.1, -0.05) is 0 Å². The Hall–Kier alpha value is -2.11. The molecule has 0 bridgehead atoms. The van der Waals surface area contributed by atoms with Crippen LogP contribution < -0.4 is 0 Å². The van der Waals surface area contributed by atoms with Crippen molar-refractivity contribution in [2.24, 2.45) is 5.92 Å². The molecule has 2 rings (SSSR count). The molecule has 1 aliphatic heterocycles. The Balaban J connectivity index is 1.93. The third-order valence-electron chi connectivity index (χ3n) is 3.97. The maximum Gasteiger partial charge on any atom is 0.410 e. The van der Waals surface area contributed by atoms with Crippen LogP contribution in [0.1, 0.15) is 39.2 Å². The molecule has 2 heterocycles. The molecule has 0 aliphatic carbocycles. The summed E-state index contributed by atoms with van der Waals surface area (Å²) in [4.78, 5) is 32.3. The van der Waals surface area contributed by atoms with E-state index in [4.69, 9.17) is 4.74 Å². The lowest BCUT2D eigenvalue weighted by atomic mass is 9.96. The van der Waals surface area contributed by atoms with E-state index in [9.17, 15) is 9.59 Å². The molecule has 1 aliphatic rings. The van der Waals surface area contributed by atoms with Gasteiger partial charge in [0.05, 0.1) is 5.92 Å². The van der Waals surface area contributed by atoms with E-state index in [1.165, 1.54) is 0 Å². The van der Waals surface area contributed by atoms with Crippen LogP contribution in [0.15, 0.2) is 24.5 Å². The number of ether oxygens (including phenoxy) is 1. The lowest BCUT2D eigenvalue weighted by Gasteiger charge is -2.35. The van der Waals surface area contributed by atoms with E-state index < -0.39 is 5.60 Å². The second-order valence-corrected chi connectivity index (χ2v) is 7.32. The number of pyridine rings is 1. The third-order valence-corrected chi connectivity index (χ3v) is 3.97. The van der Waals surface area contributed by atoms with Gasteiger partial charge in [0.1, 0.15) is 5.60 Å². The summed E-state index contributed by atoms with van der Waals surface area (Å²) in [6.45, 7) is 7.16. The topological polar surface area (TPSA) is 62.7 Å². The van der Waals surface area contributed by atoms with Gasteiger partial charge in [0, 0.05) is 39.1 Å². The van der Waals surface area contributed by atoms with Crippen molar-refractivity contribution in [2.45, 2.75) is 45.8 Å². The van der Waals surface area contributed by atoms with Gasteiger partial charge in [-0.3, -0.25) is 9.78 Å². The molecule has 2 amide bonds. The zero-order chi connectivity index (χ0) is 17.7. The van der Waals surface area contributed by atoms with Gasteiger partial charge in [0.25, 0.3) is 0 Å². The number of carbonyl (C=O) groups excluding carboxylic acids is 2. The molecule has 1 aromatic heterocycles. The van der Waals surface area contributed by atoms with Crippen LogP contribution in [0.3, 0.4) is 0 Å². The largest absolute Gasteiger partial charge is 0.444 e. The summed E-state index contributed by atoms with van der Waals surface area (Å²) in [7, 11) is 1.80. The molecular formula is C18H27N3O3. The fraction of sp³-hybridized carbons (Fsp3) is 0.611. The highest BCUT2D eigenvalue weighted by Gasteiger charge is 2.32. The quantitative estimate of drug-likeness (QED) is 0.853. The van der Waals surface area contributed by atoms with Crippen molar-refractivity contribution in [3.63, 3.8) is 0 Å². The van der Waals surface area contributed by atoms with Crippen LogP contribution in [0.4, 0.5) is 4.79 Å². The lowest BCUT2D eigenvalue weighted by molar-refractivity contribution is -0.136. The molecule has 0 N–H and O–H groups in total. The summed E-state index contributed by atoms with van der Waals surface area (Å²) in [6, 6.07) is 3.80. The Morgan fingerprint density at radius 2 is 2.00 bits per heavy atom. The smallest absolute Gasteiger partial charge is 0.410 e. The summed E-state index contributed by atoms with van der Waals surface area (Å²) < 4.78 is 5.42. The van der Waals surface area contributed by atoms with E-state index in [1.807, 2.05) is 32.9 Å². The van der Waals surface area contributed by atoms with Crippen LogP contribution in [-0.4, -0.2) is 52.5 Å².